The molecule has 0 unspecified atom stereocenters. The molecule has 0 aromatic heterocycles. The molecule has 0 saturated heterocycles. The number of nitrogens with zero attached hydrogens (tertiary/aromatic N) is 2. The Bertz CT molecular complexity index is 130. The van der Waals surface area contributed by atoms with Crippen molar-refractivity contribution in [2.75, 3.05) is 13.7 Å². The van der Waals surface area contributed by atoms with Crippen molar-refractivity contribution >= 4 is 12.2 Å². The number of ether oxygens (including phenoxy) is 1. The number of hydrogen-bond donors (Lipinski definition) is 0. The zero-order valence-corrected chi connectivity index (χ0v) is 6.79. The second-order valence-corrected chi connectivity index (χ2v) is 1.68. The summed E-state index contributed by atoms with van der Waals surface area (Å²) in [6, 6.07) is 0.462. The Hall–Kier alpha value is -0.860. The molecule has 0 aliphatic rings. The zero-order valence-electron chi connectivity index (χ0n) is 6.79. The lowest BCUT2D eigenvalue weighted by Gasteiger charge is -1.94. The second-order valence-electron chi connectivity index (χ2n) is 1.68. The molecule has 0 amide bonds. The normalized spacial score (nSPS) is 12.5. The molecule has 0 N–H and O–H groups in total. The molecule has 0 aliphatic carbocycles. The van der Waals surface area contributed by atoms with E-state index in [1.807, 2.05) is 13.8 Å². The minimum Gasteiger partial charge on any atom is -0.467 e. The van der Waals surface area contributed by atoms with Crippen LogP contribution in [0.1, 0.15) is 20.3 Å². The van der Waals surface area contributed by atoms with Crippen molar-refractivity contribution in [1.82, 2.24) is 0 Å². The molecular formula is C7H14N2O. The summed E-state index contributed by atoms with van der Waals surface area (Å²) in [5.74, 6) is 0. The van der Waals surface area contributed by atoms with Crippen LogP contribution in [-0.2, 0) is 4.74 Å². The maximum atomic E-state index is 4.84. The highest BCUT2D eigenvalue weighted by Gasteiger charge is 1.87. The van der Waals surface area contributed by atoms with Crippen molar-refractivity contribution < 1.29 is 4.74 Å². The van der Waals surface area contributed by atoms with Gasteiger partial charge in [0, 0.05) is 12.8 Å². The molecule has 58 valence electrons. The summed E-state index contributed by atoms with van der Waals surface area (Å²) in [7, 11) is 1.57. The van der Waals surface area contributed by atoms with Gasteiger partial charge in [-0.1, -0.05) is 6.92 Å². The maximum Gasteiger partial charge on any atom is 0.310 e. The molecule has 0 atom stereocenters. The summed E-state index contributed by atoms with van der Waals surface area (Å²) < 4.78 is 4.84. The van der Waals surface area contributed by atoms with E-state index in [2.05, 4.69) is 9.98 Å². The minimum atomic E-state index is 0.462. The van der Waals surface area contributed by atoms with E-state index in [1.54, 1.807) is 13.3 Å². The van der Waals surface area contributed by atoms with Gasteiger partial charge in [0.1, 0.15) is 0 Å². The monoisotopic (exact) mass is 142 g/mol. The summed E-state index contributed by atoms with van der Waals surface area (Å²) in [4.78, 5) is 7.93. The summed E-state index contributed by atoms with van der Waals surface area (Å²) in [6.45, 7) is 4.67. The highest BCUT2D eigenvalue weighted by Crippen LogP contribution is 1.82. The molecular weight excluding hydrogens is 128 g/mol. The van der Waals surface area contributed by atoms with E-state index in [1.165, 1.54) is 0 Å². The Labute approximate surface area is 61.8 Å². The van der Waals surface area contributed by atoms with Crippen LogP contribution in [0.4, 0.5) is 0 Å². The third-order valence-electron chi connectivity index (χ3n) is 0.860. The number of rotatable bonds is 2. The van der Waals surface area contributed by atoms with Gasteiger partial charge in [0.25, 0.3) is 0 Å². The van der Waals surface area contributed by atoms with Crippen LogP contribution in [0.15, 0.2) is 9.98 Å². The Morgan fingerprint density at radius 1 is 1.50 bits per heavy atom. The van der Waals surface area contributed by atoms with Crippen LogP contribution in [0.2, 0.25) is 0 Å². The summed E-state index contributed by atoms with van der Waals surface area (Å²) in [5.41, 5.74) is 0. The summed E-state index contributed by atoms with van der Waals surface area (Å²) >= 11 is 0. The smallest absolute Gasteiger partial charge is 0.310 e. The van der Waals surface area contributed by atoms with Gasteiger partial charge in [-0.25, -0.2) is 9.98 Å². The molecule has 0 bridgehead atoms. The molecule has 3 heteroatoms. The molecule has 0 aliphatic heterocycles. The van der Waals surface area contributed by atoms with Gasteiger partial charge < -0.3 is 4.74 Å². The highest BCUT2D eigenvalue weighted by atomic mass is 16.5. The first-order valence-corrected chi connectivity index (χ1v) is 3.46. The first-order valence-electron chi connectivity index (χ1n) is 3.46. The fourth-order valence-corrected chi connectivity index (χ4v) is 0.463. The number of amidine groups is 1. The van der Waals surface area contributed by atoms with E-state index in [0.717, 1.165) is 6.42 Å². The predicted octanol–water partition coefficient (Wildman–Crippen LogP) is 1.49. The van der Waals surface area contributed by atoms with E-state index in [0.29, 0.717) is 12.6 Å². The standard InChI is InChI=1S/C7H14N2O/c1-4-6-9-7(10-3)8-5-2/h6H,4-5H2,1-3H3/b8-7+,9-6-. The average molecular weight is 142 g/mol. The topological polar surface area (TPSA) is 34.0 Å². The van der Waals surface area contributed by atoms with E-state index in [-0.39, 0.29) is 0 Å². The van der Waals surface area contributed by atoms with Crippen LogP contribution >= 0.6 is 0 Å². The zero-order chi connectivity index (χ0) is 7.82. The summed E-state index contributed by atoms with van der Waals surface area (Å²) in [6.07, 6.45) is 2.68. The third-order valence-corrected chi connectivity index (χ3v) is 0.860. The van der Waals surface area contributed by atoms with Crippen molar-refractivity contribution in [2.24, 2.45) is 9.98 Å². The van der Waals surface area contributed by atoms with Crippen molar-refractivity contribution in [3.63, 3.8) is 0 Å². The van der Waals surface area contributed by atoms with Gasteiger partial charge in [0.15, 0.2) is 0 Å². The Balaban J connectivity index is 3.82. The molecule has 0 fully saturated rings. The lowest BCUT2D eigenvalue weighted by Crippen LogP contribution is -1.97. The molecule has 0 radical (unpaired) electrons. The van der Waals surface area contributed by atoms with E-state index in [4.69, 9.17) is 4.74 Å². The van der Waals surface area contributed by atoms with E-state index in [9.17, 15) is 0 Å². The molecule has 0 heterocycles. The van der Waals surface area contributed by atoms with Crippen molar-refractivity contribution in [1.29, 1.82) is 0 Å². The van der Waals surface area contributed by atoms with Crippen LogP contribution < -0.4 is 0 Å². The largest absolute Gasteiger partial charge is 0.467 e. The first-order chi connectivity index (χ1) is 4.85. The van der Waals surface area contributed by atoms with Gasteiger partial charge in [-0.2, -0.15) is 0 Å². The lowest BCUT2D eigenvalue weighted by molar-refractivity contribution is 0.395. The minimum absolute atomic E-state index is 0.462. The molecule has 0 aromatic carbocycles. The molecule has 0 aromatic rings. The number of methoxy groups -OCH3 is 1. The molecule has 0 spiro atoms. The fourth-order valence-electron chi connectivity index (χ4n) is 0.463. The van der Waals surface area contributed by atoms with Crippen molar-refractivity contribution in [3.8, 4) is 0 Å². The maximum absolute atomic E-state index is 4.84. The fraction of sp³-hybridized carbons (Fsp3) is 0.714. The van der Waals surface area contributed by atoms with Gasteiger partial charge in [-0.3, -0.25) is 0 Å². The van der Waals surface area contributed by atoms with E-state index < -0.39 is 0 Å². The van der Waals surface area contributed by atoms with Crippen molar-refractivity contribution in [2.45, 2.75) is 20.3 Å². The lowest BCUT2D eigenvalue weighted by atomic mass is 10.5. The predicted molar refractivity (Wildman–Crippen MR) is 43.8 cm³/mol. The van der Waals surface area contributed by atoms with Gasteiger partial charge in [-0.15, -0.1) is 0 Å². The SMILES string of the molecule is CC/C=N\C(=N/CC)OC. The average Bonchev–Trinajstić information content (AvgIpc) is 1.98. The second kappa shape index (κ2) is 6.26. The Kier molecular flexibility index (Phi) is 5.72. The van der Waals surface area contributed by atoms with Gasteiger partial charge in [0.2, 0.25) is 0 Å². The first kappa shape index (κ1) is 9.14. The van der Waals surface area contributed by atoms with Crippen LogP contribution in [-0.4, -0.2) is 25.9 Å². The van der Waals surface area contributed by atoms with Gasteiger partial charge >= 0.3 is 6.02 Å². The van der Waals surface area contributed by atoms with Gasteiger partial charge in [-0.05, 0) is 13.3 Å². The number of aliphatic imine (C=N–C) groups is 2. The highest BCUT2D eigenvalue weighted by molar-refractivity contribution is 5.82. The quantitative estimate of drug-likeness (QED) is 0.425. The third kappa shape index (κ3) is 4.06. The Morgan fingerprint density at radius 3 is 2.60 bits per heavy atom. The number of hydrogen-bond acceptors (Lipinski definition) is 2. The summed E-state index contributed by atoms with van der Waals surface area (Å²) in [5, 5.41) is 0. The van der Waals surface area contributed by atoms with Crippen LogP contribution in [0.3, 0.4) is 0 Å². The van der Waals surface area contributed by atoms with Crippen LogP contribution in [0, 0.1) is 0 Å². The molecule has 10 heavy (non-hydrogen) atoms. The van der Waals surface area contributed by atoms with Crippen LogP contribution in [0.5, 0.6) is 0 Å². The molecule has 3 nitrogen and oxygen atoms in total. The van der Waals surface area contributed by atoms with Crippen LogP contribution in [0.25, 0.3) is 0 Å². The van der Waals surface area contributed by atoms with E-state index >= 15 is 0 Å². The Morgan fingerprint density at radius 2 is 2.20 bits per heavy atom. The molecule has 0 rings (SSSR count). The van der Waals surface area contributed by atoms with Gasteiger partial charge in [0.05, 0.1) is 7.11 Å². The van der Waals surface area contributed by atoms with Crippen molar-refractivity contribution in [3.05, 3.63) is 0 Å². The molecule has 0 saturated carbocycles.